The number of carbonyl (C=O) groups is 1. The van der Waals surface area contributed by atoms with E-state index in [0.717, 1.165) is 18.4 Å². The molecule has 0 amide bonds. The Morgan fingerprint density at radius 1 is 1.04 bits per heavy atom. The first-order chi connectivity index (χ1) is 12.0. The minimum atomic E-state index is -3.43. The molecule has 0 aliphatic heterocycles. The van der Waals surface area contributed by atoms with Gasteiger partial charge in [-0.3, -0.25) is 0 Å². The summed E-state index contributed by atoms with van der Waals surface area (Å²) in [6, 6.07) is 16.2. The summed E-state index contributed by atoms with van der Waals surface area (Å²) in [7, 11) is -2.11. The van der Waals surface area contributed by atoms with Crippen molar-refractivity contribution in [1.29, 1.82) is 0 Å². The molecule has 0 heterocycles. The second-order valence-corrected chi connectivity index (χ2v) is 8.13. The van der Waals surface area contributed by atoms with Crippen molar-refractivity contribution in [2.24, 2.45) is 0 Å². The Bertz CT molecular complexity index is 827. The SMILES string of the molecule is COC(=O)c1ccc(CS(=O)(=O)N(Cc2ccccc2)C2CC2)cc1. The van der Waals surface area contributed by atoms with Crippen LogP contribution in [0.2, 0.25) is 0 Å². The number of hydrogen-bond donors (Lipinski definition) is 0. The first-order valence-corrected chi connectivity index (χ1v) is 9.81. The van der Waals surface area contributed by atoms with Gasteiger partial charge in [-0.1, -0.05) is 42.5 Å². The normalized spacial score (nSPS) is 14.5. The van der Waals surface area contributed by atoms with E-state index in [0.29, 0.717) is 17.7 Å². The fourth-order valence-corrected chi connectivity index (χ4v) is 4.52. The van der Waals surface area contributed by atoms with Crippen LogP contribution in [-0.4, -0.2) is 31.8 Å². The lowest BCUT2D eigenvalue weighted by Crippen LogP contribution is -2.33. The summed E-state index contributed by atoms with van der Waals surface area (Å²) in [5, 5.41) is 0. The number of esters is 1. The quantitative estimate of drug-likeness (QED) is 0.713. The van der Waals surface area contributed by atoms with Crippen LogP contribution in [0.4, 0.5) is 0 Å². The molecule has 3 rings (SSSR count). The molecule has 0 saturated heterocycles. The number of ether oxygens (including phenoxy) is 1. The first kappa shape index (κ1) is 17.6. The molecule has 1 saturated carbocycles. The molecule has 25 heavy (non-hydrogen) atoms. The Hall–Kier alpha value is -2.18. The van der Waals surface area contributed by atoms with Crippen LogP contribution < -0.4 is 0 Å². The summed E-state index contributed by atoms with van der Waals surface area (Å²) in [4.78, 5) is 11.5. The monoisotopic (exact) mass is 359 g/mol. The third-order valence-electron chi connectivity index (χ3n) is 4.22. The summed E-state index contributed by atoms with van der Waals surface area (Å²) < 4.78 is 32.1. The fraction of sp³-hybridized carbons (Fsp3) is 0.316. The van der Waals surface area contributed by atoms with Crippen molar-refractivity contribution >= 4 is 16.0 Å². The van der Waals surface area contributed by atoms with Gasteiger partial charge in [0.15, 0.2) is 0 Å². The molecule has 0 aromatic heterocycles. The predicted octanol–water partition coefficient (Wildman–Crippen LogP) is 2.97. The third kappa shape index (κ3) is 4.46. The standard InChI is InChI=1S/C19H21NO4S/c1-24-19(21)17-9-7-16(8-10-17)14-25(22,23)20(18-11-12-18)13-15-5-3-2-4-6-15/h2-10,18H,11-14H2,1H3. The van der Waals surface area contributed by atoms with Crippen molar-refractivity contribution in [1.82, 2.24) is 4.31 Å². The zero-order valence-electron chi connectivity index (χ0n) is 14.1. The van der Waals surface area contributed by atoms with Gasteiger partial charge < -0.3 is 4.74 Å². The highest BCUT2D eigenvalue weighted by atomic mass is 32.2. The number of sulfonamides is 1. The highest BCUT2D eigenvalue weighted by Gasteiger charge is 2.37. The molecule has 0 atom stereocenters. The predicted molar refractivity (Wildman–Crippen MR) is 95.4 cm³/mol. The topological polar surface area (TPSA) is 63.7 Å². The maximum Gasteiger partial charge on any atom is 0.337 e. The third-order valence-corrected chi connectivity index (χ3v) is 6.06. The summed E-state index contributed by atoms with van der Waals surface area (Å²) in [6.07, 6.45) is 1.82. The van der Waals surface area contributed by atoms with E-state index in [-0.39, 0.29) is 11.8 Å². The molecule has 0 spiro atoms. The molecule has 132 valence electrons. The lowest BCUT2D eigenvalue weighted by atomic mass is 10.1. The number of nitrogens with zero attached hydrogens (tertiary/aromatic N) is 1. The van der Waals surface area contributed by atoms with Gasteiger partial charge in [0.2, 0.25) is 10.0 Å². The van der Waals surface area contributed by atoms with E-state index in [1.807, 2.05) is 30.3 Å². The molecule has 0 radical (unpaired) electrons. The zero-order valence-corrected chi connectivity index (χ0v) is 14.9. The molecular formula is C19H21NO4S. The van der Waals surface area contributed by atoms with E-state index in [2.05, 4.69) is 4.74 Å². The smallest absolute Gasteiger partial charge is 0.337 e. The number of hydrogen-bond acceptors (Lipinski definition) is 4. The van der Waals surface area contributed by atoms with Crippen molar-refractivity contribution < 1.29 is 17.9 Å². The van der Waals surface area contributed by atoms with Crippen molar-refractivity contribution in [3.63, 3.8) is 0 Å². The Morgan fingerprint density at radius 3 is 2.24 bits per heavy atom. The van der Waals surface area contributed by atoms with E-state index in [9.17, 15) is 13.2 Å². The average Bonchev–Trinajstić information content (AvgIpc) is 3.45. The number of rotatable bonds is 7. The van der Waals surface area contributed by atoms with Crippen LogP contribution in [0, 0.1) is 0 Å². The van der Waals surface area contributed by atoms with Crippen LogP contribution in [0.5, 0.6) is 0 Å². The maximum atomic E-state index is 12.9. The van der Waals surface area contributed by atoms with Crippen molar-refractivity contribution in [2.45, 2.75) is 31.2 Å². The van der Waals surface area contributed by atoms with E-state index < -0.39 is 16.0 Å². The maximum absolute atomic E-state index is 12.9. The molecule has 1 aliphatic rings. The van der Waals surface area contributed by atoms with Crippen molar-refractivity contribution in [2.75, 3.05) is 7.11 Å². The van der Waals surface area contributed by atoms with Crippen LogP contribution in [-0.2, 0) is 27.1 Å². The van der Waals surface area contributed by atoms with Gasteiger partial charge in [0.1, 0.15) is 0 Å². The van der Waals surface area contributed by atoms with E-state index in [1.165, 1.54) is 7.11 Å². The molecule has 2 aromatic carbocycles. The van der Waals surface area contributed by atoms with Crippen LogP contribution in [0.15, 0.2) is 54.6 Å². The van der Waals surface area contributed by atoms with Gasteiger partial charge >= 0.3 is 5.97 Å². The van der Waals surface area contributed by atoms with Crippen LogP contribution in [0.1, 0.15) is 34.3 Å². The number of benzene rings is 2. The summed E-state index contributed by atoms with van der Waals surface area (Å²) in [5.74, 6) is -0.504. The molecule has 2 aromatic rings. The molecule has 0 unspecified atom stereocenters. The van der Waals surface area contributed by atoms with Gasteiger partial charge in [0, 0.05) is 12.6 Å². The average molecular weight is 359 g/mol. The van der Waals surface area contributed by atoms with Crippen LogP contribution in [0.25, 0.3) is 0 Å². The van der Waals surface area contributed by atoms with E-state index in [1.54, 1.807) is 28.6 Å². The molecule has 0 N–H and O–H groups in total. The summed E-state index contributed by atoms with van der Waals surface area (Å²) >= 11 is 0. The van der Waals surface area contributed by atoms with Gasteiger partial charge in [-0.05, 0) is 36.1 Å². The highest BCUT2D eigenvalue weighted by molar-refractivity contribution is 7.88. The largest absolute Gasteiger partial charge is 0.465 e. The minimum Gasteiger partial charge on any atom is -0.465 e. The molecule has 1 fully saturated rings. The van der Waals surface area contributed by atoms with Crippen LogP contribution in [0.3, 0.4) is 0 Å². The summed E-state index contributed by atoms with van der Waals surface area (Å²) in [6.45, 7) is 0.397. The van der Waals surface area contributed by atoms with Crippen molar-refractivity contribution in [3.8, 4) is 0 Å². The highest BCUT2D eigenvalue weighted by Crippen LogP contribution is 2.32. The summed E-state index contributed by atoms with van der Waals surface area (Å²) in [5.41, 5.74) is 2.05. The first-order valence-electron chi connectivity index (χ1n) is 8.20. The second-order valence-electron chi connectivity index (χ2n) is 6.21. The van der Waals surface area contributed by atoms with Crippen molar-refractivity contribution in [3.05, 3.63) is 71.3 Å². The van der Waals surface area contributed by atoms with Crippen LogP contribution >= 0.6 is 0 Å². The molecule has 6 heteroatoms. The van der Waals surface area contributed by atoms with Gasteiger partial charge in [-0.15, -0.1) is 0 Å². The van der Waals surface area contributed by atoms with E-state index >= 15 is 0 Å². The second kappa shape index (κ2) is 7.37. The molecule has 1 aliphatic carbocycles. The van der Waals surface area contributed by atoms with Gasteiger partial charge in [0.05, 0.1) is 18.4 Å². The Balaban J connectivity index is 1.75. The number of methoxy groups -OCH3 is 1. The Kier molecular flexibility index (Phi) is 5.20. The molecule has 5 nitrogen and oxygen atoms in total. The minimum absolute atomic E-state index is 0.0716. The lowest BCUT2D eigenvalue weighted by molar-refractivity contribution is 0.0600. The lowest BCUT2D eigenvalue weighted by Gasteiger charge is -2.22. The van der Waals surface area contributed by atoms with Gasteiger partial charge in [-0.2, -0.15) is 4.31 Å². The Labute approximate surface area is 148 Å². The van der Waals surface area contributed by atoms with E-state index in [4.69, 9.17) is 0 Å². The number of carbonyl (C=O) groups excluding carboxylic acids is 1. The zero-order chi connectivity index (χ0) is 17.9. The Morgan fingerprint density at radius 2 is 1.68 bits per heavy atom. The molecule has 0 bridgehead atoms. The molecular weight excluding hydrogens is 338 g/mol. The van der Waals surface area contributed by atoms with Gasteiger partial charge in [0.25, 0.3) is 0 Å². The van der Waals surface area contributed by atoms with Gasteiger partial charge in [-0.25, -0.2) is 13.2 Å². The fourth-order valence-electron chi connectivity index (χ4n) is 2.73.